The first-order valence-corrected chi connectivity index (χ1v) is 8.83. The highest BCUT2D eigenvalue weighted by Gasteiger charge is 2.22. The number of rotatable bonds is 7. The van der Waals surface area contributed by atoms with Gasteiger partial charge in [-0.15, -0.1) is 0 Å². The van der Waals surface area contributed by atoms with Crippen LogP contribution in [-0.2, 0) is 0 Å². The fourth-order valence-corrected chi connectivity index (χ4v) is 2.74. The SMILES string of the molecule is Nc1ccc(Oc2ccc(NC(=O)c3cc(C=O)c(C(=O)O)cc3C(=O)O)cc2)cc1. The van der Waals surface area contributed by atoms with Crippen molar-refractivity contribution >= 4 is 35.5 Å². The van der Waals surface area contributed by atoms with Crippen LogP contribution in [0.25, 0.3) is 0 Å². The lowest BCUT2D eigenvalue weighted by atomic mass is 9.98. The van der Waals surface area contributed by atoms with Crippen LogP contribution in [0.3, 0.4) is 0 Å². The van der Waals surface area contributed by atoms with Crippen LogP contribution < -0.4 is 15.8 Å². The number of hydrogen-bond donors (Lipinski definition) is 4. The maximum absolute atomic E-state index is 12.6. The molecule has 0 aromatic heterocycles. The molecule has 0 unspecified atom stereocenters. The van der Waals surface area contributed by atoms with Gasteiger partial charge in [0.2, 0.25) is 0 Å². The van der Waals surface area contributed by atoms with Gasteiger partial charge in [0.25, 0.3) is 5.91 Å². The Morgan fingerprint density at radius 3 is 1.87 bits per heavy atom. The highest BCUT2D eigenvalue weighted by atomic mass is 16.5. The van der Waals surface area contributed by atoms with Crippen LogP contribution in [0.1, 0.15) is 41.4 Å². The Bertz CT molecular complexity index is 1170. The second-order valence-corrected chi connectivity index (χ2v) is 6.36. The number of amides is 1. The van der Waals surface area contributed by atoms with Gasteiger partial charge >= 0.3 is 11.9 Å². The standard InChI is InChI=1S/C22H16N2O7/c23-13-1-5-15(6-2-13)31-16-7-3-14(4-8-16)24-20(26)18-9-12(11-25)17(21(27)28)10-19(18)22(29)30/h1-11H,23H2,(H,24,26)(H,27,28)(H,29,30). The molecule has 0 heterocycles. The lowest BCUT2D eigenvalue weighted by molar-refractivity contribution is 0.0691. The number of anilines is 2. The van der Waals surface area contributed by atoms with E-state index in [1.165, 1.54) is 12.1 Å². The molecule has 31 heavy (non-hydrogen) atoms. The van der Waals surface area contributed by atoms with E-state index >= 15 is 0 Å². The van der Waals surface area contributed by atoms with Gasteiger partial charge < -0.3 is 26.0 Å². The molecular formula is C22H16N2O7. The molecule has 3 aromatic rings. The van der Waals surface area contributed by atoms with Crippen molar-refractivity contribution in [3.05, 3.63) is 82.9 Å². The smallest absolute Gasteiger partial charge is 0.336 e. The molecule has 3 aromatic carbocycles. The summed E-state index contributed by atoms with van der Waals surface area (Å²) in [4.78, 5) is 46.5. The summed E-state index contributed by atoms with van der Waals surface area (Å²) in [5, 5.41) is 21.0. The fraction of sp³-hybridized carbons (Fsp3) is 0. The number of hydrogen-bond acceptors (Lipinski definition) is 6. The summed E-state index contributed by atoms with van der Waals surface area (Å²) in [5.41, 5.74) is 4.86. The molecule has 9 nitrogen and oxygen atoms in total. The highest BCUT2D eigenvalue weighted by molar-refractivity contribution is 6.13. The Kier molecular flexibility index (Phi) is 5.97. The van der Waals surface area contributed by atoms with Gasteiger partial charge in [-0.2, -0.15) is 0 Å². The van der Waals surface area contributed by atoms with Crippen molar-refractivity contribution in [2.75, 3.05) is 11.1 Å². The Labute approximate surface area is 175 Å². The molecule has 5 N–H and O–H groups in total. The number of ether oxygens (including phenoxy) is 1. The zero-order chi connectivity index (χ0) is 22.5. The lowest BCUT2D eigenvalue weighted by Crippen LogP contribution is -2.18. The zero-order valence-electron chi connectivity index (χ0n) is 15.9. The summed E-state index contributed by atoms with van der Waals surface area (Å²) in [6.07, 6.45) is 0.245. The van der Waals surface area contributed by atoms with E-state index in [2.05, 4.69) is 5.32 Å². The third-order valence-electron chi connectivity index (χ3n) is 4.25. The second-order valence-electron chi connectivity index (χ2n) is 6.36. The fourth-order valence-electron chi connectivity index (χ4n) is 2.74. The summed E-state index contributed by atoms with van der Waals surface area (Å²) in [5.74, 6) is -2.74. The van der Waals surface area contributed by atoms with Gasteiger partial charge in [-0.25, -0.2) is 9.59 Å². The third-order valence-corrected chi connectivity index (χ3v) is 4.25. The van der Waals surface area contributed by atoms with Crippen molar-refractivity contribution < 1.29 is 34.1 Å². The van der Waals surface area contributed by atoms with E-state index in [-0.39, 0.29) is 17.4 Å². The number of carbonyl (C=O) groups is 4. The number of carboxylic acid groups (broad SMARTS) is 2. The molecule has 156 valence electrons. The summed E-state index contributed by atoms with van der Waals surface area (Å²) in [7, 11) is 0. The van der Waals surface area contributed by atoms with Gasteiger partial charge in [0.1, 0.15) is 11.5 Å². The predicted octanol–water partition coefficient (Wildman–Crippen LogP) is 3.52. The van der Waals surface area contributed by atoms with Crippen LogP contribution in [0, 0.1) is 0 Å². The van der Waals surface area contributed by atoms with Crippen molar-refractivity contribution in [3.63, 3.8) is 0 Å². The molecular weight excluding hydrogens is 404 g/mol. The average Bonchev–Trinajstić information content (AvgIpc) is 2.75. The number of carbonyl (C=O) groups excluding carboxylic acids is 2. The van der Waals surface area contributed by atoms with E-state index in [0.717, 1.165) is 12.1 Å². The molecule has 9 heteroatoms. The Balaban J connectivity index is 1.82. The maximum atomic E-state index is 12.6. The van der Waals surface area contributed by atoms with Gasteiger partial charge in [-0.1, -0.05) is 0 Å². The summed E-state index contributed by atoms with van der Waals surface area (Å²) in [6.45, 7) is 0. The Hall–Kier alpha value is -4.66. The number of nitrogen functional groups attached to an aromatic ring is 1. The zero-order valence-corrected chi connectivity index (χ0v) is 15.9. The average molecular weight is 420 g/mol. The minimum atomic E-state index is -1.50. The van der Waals surface area contributed by atoms with Crippen LogP contribution in [0.15, 0.2) is 60.7 Å². The Morgan fingerprint density at radius 1 is 0.806 bits per heavy atom. The molecule has 1 amide bonds. The number of benzene rings is 3. The minimum Gasteiger partial charge on any atom is -0.478 e. The number of aromatic carboxylic acids is 2. The van der Waals surface area contributed by atoms with E-state index in [1.807, 2.05) is 0 Å². The molecule has 0 atom stereocenters. The van der Waals surface area contributed by atoms with Crippen molar-refractivity contribution in [1.29, 1.82) is 0 Å². The predicted molar refractivity (Wildman–Crippen MR) is 111 cm³/mol. The lowest BCUT2D eigenvalue weighted by Gasteiger charge is -2.11. The summed E-state index contributed by atoms with van der Waals surface area (Å²) < 4.78 is 5.65. The first-order chi connectivity index (χ1) is 14.8. The molecule has 0 fully saturated rings. The molecule has 0 aliphatic heterocycles. The number of aldehydes is 1. The van der Waals surface area contributed by atoms with E-state index < -0.39 is 29.0 Å². The van der Waals surface area contributed by atoms with Crippen LogP contribution in [0.5, 0.6) is 11.5 Å². The molecule has 0 saturated carbocycles. The molecule has 0 bridgehead atoms. The van der Waals surface area contributed by atoms with Crippen molar-refractivity contribution in [2.24, 2.45) is 0 Å². The molecule has 0 saturated heterocycles. The molecule has 0 aliphatic carbocycles. The summed E-state index contributed by atoms with van der Waals surface area (Å²) in [6, 6.07) is 14.8. The molecule has 0 radical (unpaired) electrons. The third kappa shape index (κ3) is 4.85. The van der Waals surface area contributed by atoms with E-state index in [1.54, 1.807) is 36.4 Å². The first-order valence-electron chi connectivity index (χ1n) is 8.83. The van der Waals surface area contributed by atoms with Crippen LogP contribution in [0.2, 0.25) is 0 Å². The van der Waals surface area contributed by atoms with Gasteiger partial charge in [0.05, 0.1) is 16.7 Å². The number of nitrogens with two attached hydrogens (primary N) is 1. The van der Waals surface area contributed by atoms with Crippen LogP contribution in [0.4, 0.5) is 11.4 Å². The van der Waals surface area contributed by atoms with Gasteiger partial charge in [-0.3, -0.25) is 9.59 Å². The van der Waals surface area contributed by atoms with Gasteiger partial charge in [-0.05, 0) is 60.7 Å². The van der Waals surface area contributed by atoms with E-state index in [9.17, 15) is 24.3 Å². The van der Waals surface area contributed by atoms with Crippen LogP contribution in [-0.4, -0.2) is 34.3 Å². The normalized spacial score (nSPS) is 10.2. The van der Waals surface area contributed by atoms with Gasteiger partial charge in [0, 0.05) is 16.9 Å². The Morgan fingerprint density at radius 2 is 1.35 bits per heavy atom. The topological polar surface area (TPSA) is 156 Å². The summed E-state index contributed by atoms with van der Waals surface area (Å²) >= 11 is 0. The minimum absolute atomic E-state index is 0.245. The van der Waals surface area contributed by atoms with Crippen molar-refractivity contribution in [2.45, 2.75) is 0 Å². The highest BCUT2D eigenvalue weighted by Crippen LogP contribution is 2.24. The van der Waals surface area contributed by atoms with E-state index in [4.69, 9.17) is 15.6 Å². The van der Waals surface area contributed by atoms with Crippen molar-refractivity contribution in [3.8, 4) is 11.5 Å². The first kappa shape index (κ1) is 21.1. The van der Waals surface area contributed by atoms with Crippen molar-refractivity contribution in [1.82, 2.24) is 0 Å². The maximum Gasteiger partial charge on any atom is 0.336 e. The van der Waals surface area contributed by atoms with Gasteiger partial charge in [0.15, 0.2) is 6.29 Å². The molecule has 0 aliphatic rings. The largest absolute Gasteiger partial charge is 0.478 e. The van der Waals surface area contributed by atoms with Crippen LogP contribution >= 0.6 is 0 Å². The monoisotopic (exact) mass is 420 g/mol. The van der Waals surface area contributed by atoms with E-state index in [0.29, 0.717) is 22.9 Å². The number of carboxylic acids is 2. The quantitative estimate of drug-likeness (QED) is 0.334. The molecule has 3 rings (SSSR count). The number of nitrogens with one attached hydrogen (secondary N) is 1. The second kappa shape index (κ2) is 8.78. The molecule has 0 spiro atoms.